The molecule has 0 saturated carbocycles. The second kappa shape index (κ2) is 11.9. The average Bonchev–Trinajstić information content (AvgIpc) is 3.07. The van der Waals surface area contributed by atoms with Gasteiger partial charge in [0.15, 0.2) is 5.82 Å². The number of likely N-dealkylation sites (N-methyl/N-ethyl adjacent to an activating group) is 1. The normalized spacial score (nSPS) is 22.6. The zero-order valence-corrected chi connectivity index (χ0v) is 25.1. The minimum atomic E-state index is -3.09. The molecule has 3 atom stereocenters. The number of amides is 1. The summed E-state index contributed by atoms with van der Waals surface area (Å²) < 4.78 is 91.0. The van der Waals surface area contributed by atoms with Crippen LogP contribution in [0.25, 0.3) is 22.0 Å². The molecule has 1 fully saturated rings. The van der Waals surface area contributed by atoms with Crippen molar-refractivity contribution in [1.29, 1.82) is 0 Å². The fourth-order valence-corrected chi connectivity index (χ4v) is 6.59. The number of ether oxygens (including phenoxy) is 2. The first-order valence-corrected chi connectivity index (χ1v) is 14.4. The van der Waals surface area contributed by atoms with Crippen LogP contribution in [0.2, 0.25) is 5.02 Å². The molecule has 3 aliphatic heterocycles. The summed E-state index contributed by atoms with van der Waals surface area (Å²) in [5.41, 5.74) is -0.934. The molecule has 3 aromatic rings. The molecule has 3 aliphatic rings. The molecule has 0 aliphatic carbocycles. The maximum Gasteiger partial charge on any atom is 0.335 e. The Labute approximate surface area is 277 Å². The van der Waals surface area contributed by atoms with E-state index in [0.717, 1.165) is 18.2 Å². The third-order valence-electron chi connectivity index (χ3n) is 8.21. The van der Waals surface area contributed by atoms with Gasteiger partial charge in [0, 0.05) is 50.9 Å². The lowest BCUT2D eigenvalue weighted by atomic mass is 9.94. The largest absolute Gasteiger partial charge is 0.470 e. The quantitative estimate of drug-likeness (QED) is 0.166. The van der Waals surface area contributed by atoms with Crippen LogP contribution in [0.3, 0.4) is 0 Å². The Kier molecular flexibility index (Phi) is 6.31. The molecule has 0 unspecified atom stereocenters. The van der Waals surface area contributed by atoms with Crippen LogP contribution in [0.4, 0.5) is 20.2 Å². The van der Waals surface area contributed by atoms with Crippen molar-refractivity contribution in [1.82, 2.24) is 14.8 Å². The number of fused-ring (bicyclic) bond motifs is 4. The number of aromatic nitrogens is 1. The Morgan fingerprint density at radius 1 is 1.22 bits per heavy atom. The summed E-state index contributed by atoms with van der Waals surface area (Å²) >= 11 is 6.73. The first-order valence-electron chi connectivity index (χ1n) is 17.1. The molecule has 2 aromatic carbocycles. The number of pyridine rings is 1. The van der Waals surface area contributed by atoms with E-state index in [1.807, 2.05) is 5.94 Å². The monoisotopic (exact) mass is 655 g/mol. The van der Waals surface area contributed by atoms with E-state index in [9.17, 15) is 14.4 Å². The van der Waals surface area contributed by atoms with Crippen molar-refractivity contribution in [2.45, 2.75) is 25.1 Å². The van der Waals surface area contributed by atoms with Gasteiger partial charge >= 0.3 is 5.97 Å². The van der Waals surface area contributed by atoms with Gasteiger partial charge in [-0.1, -0.05) is 30.8 Å². The topological polar surface area (TPSA) is 95.5 Å². The molecule has 1 amide bonds. The number of esters is 1. The van der Waals surface area contributed by atoms with Crippen LogP contribution in [-0.4, -0.2) is 90.9 Å². The summed E-state index contributed by atoms with van der Waals surface area (Å²) in [6, 6.07) is 3.50. The fraction of sp³-hybridized carbons (Fsp3) is 0.303. The maximum absolute atomic E-state index is 17.0. The Hall–Kier alpha value is -4.77. The molecule has 10 nitrogen and oxygen atoms in total. The van der Waals surface area contributed by atoms with Crippen LogP contribution in [0.5, 0.6) is 11.6 Å². The van der Waals surface area contributed by atoms with Crippen LogP contribution >= 0.6 is 11.6 Å². The molecule has 46 heavy (non-hydrogen) atoms. The zero-order chi connectivity index (χ0) is 38.0. The molecular formula is C33H30ClF2N5O5. The highest BCUT2D eigenvalue weighted by Gasteiger charge is 2.48. The number of rotatable bonds is 6. The molecule has 0 radical (unpaired) electrons. The fourth-order valence-electron chi connectivity index (χ4n) is 6.30. The highest BCUT2D eigenvalue weighted by Crippen LogP contribution is 2.53. The number of carbonyl (C=O) groups is 2. The minimum Gasteiger partial charge on any atom is -0.470 e. The van der Waals surface area contributed by atoms with Crippen molar-refractivity contribution in [3.63, 3.8) is 0 Å². The lowest BCUT2D eigenvalue weighted by molar-refractivity contribution is -0.129. The van der Waals surface area contributed by atoms with Gasteiger partial charge in [0.2, 0.25) is 11.8 Å². The van der Waals surface area contributed by atoms with Crippen LogP contribution in [0.1, 0.15) is 15.1 Å². The van der Waals surface area contributed by atoms with Gasteiger partial charge in [-0.05, 0) is 45.2 Å². The standard InChI is InChI=1S/C33H30ClF2N5O5/c1-6-25(43)39-15-22-23(16-42)41-14-18(13-38(4)5)45-33-32(41)31(40(22)12-17(39)3)19-11-20(34)27(29(36)30(19)37-33)28-21(35)9-8-10-24(28)46-26(44)7-2/h6-11,17-18,22H,1-2,12-15H2,3-5H3/t17-,18-,22-/m1/s1/i4D3,5D3. The molecule has 0 spiro atoms. The van der Waals surface area contributed by atoms with Crippen LogP contribution in [0.15, 0.2) is 55.3 Å². The van der Waals surface area contributed by atoms with Crippen LogP contribution in [0, 0.1) is 11.6 Å². The summed E-state index contributed by atoms with van der Waals surface area (Å²) in [5, 5.41) is -0.187. The molecule has 0 N–H and O–H groups in total. The number of benzene rings is 2. The van der Waals surface area contributed by atoms with E-state index in [4.69, 9.17) is 29.3 Å². The van der Waals surface area contributed by atoms with Gasteiger partial charge in [0.1, 0.15) is 40.5 Å². The predicted molar refractivity (Wildman–Crippen MR) is 170 cm³/mol. The van der Waals surface area contributed by atoms with Crippen molar-refractivity contribution in [2.75, 3.05) is 49.9 Å². The Balaban J connectivity index is 1.62. The first kappa shape index (κ1) is 24.5. The molecule has 6 rings (SSSR count). The molecule has 0 bridgehead atoms. The van der Waals surface area contributed by atoms with E-state index in [1.165, 1.54) is 28.0 Å². The SMILES string of the molecule is [2H]C([2H])([2H])N(C[C@@H]1CN2C(=C=O)[C@H]3CN(C(=O)C=C)[C@H](C)CN3c3c2c(nc2c(F)c(-c4c(F)cccc4OC(=O)C=C)c(Cl)cc32)O1)C([2H])([2H])[2H]. The highest BCUT2D eigenvalue weighted by molar-refractivity contribution is 6.34. The second-order valence-electron chi connectivity index (χ2n) is 11.0. The van der Waals surface area contributed by atoms with Crippen molar-refractivity contribution in [3.8, 4) is 22.8 Å². The maximum atomic E-state index is 17.0. The van der Waals surface area contributed by atoms with Crippen molar-refractivity contribution >= 4 is 51.7 Å². The van der Waals surface area contributed by atoms with Gasteiger partial charge in [-0.25, -0.2) is 23.4 Å². The molecule has 1 saturated heterocycles. The number of piperazine rings is 1. The number of carbonyl (C=O) groups excluding carboxylic acids is 3. The molecule has 4 heterocycles. The van der Waals surface area contributed by atoms with Gasteiger partial charge in [-0.2, -0.15) is 0 Å². The molecule has 1 aromatic heterocycles. The minimum absolute atomic E-state index is 0.00880. The third kappa shape index (κ3) is 4.99. The van der Waals surface area contributed by atoms with Gasteiger partial charge in [-0.3, -0.25) is 4.79 Å². The summed E-state index contributed by atoms with van der Waals surface area (Å²) in [6.07, 6.45) is 0.709. The van der Waals surface area contributed by atoms with E-state index in [1.54, 1.807) is 11.8 Å². The Morgan fingerprint density at radius 2 is 2.00 bits per heavy atom. The Morgan fingerprint density at radius 3 is 2.70 bits per heavy atom. The summed E-state index contributed by atoms with van der Waals surface area (Å²) in [5.74, 6) is -2.20. The smallest absolute Gasteiger partial charge is 0.335 e. The van der Waals surface area contributed by atoms with E-state index < -0.39 is 78.8 Å². The zero-order valence-electron chi connectivity index (χ0n) is 30.3. The van der Waals surface area contributed by atoms with Crippen LogP contribution in [-0.2, 0) is 14.4 Å². The van der Waals surface area contributed by atoms with E-state index in [-0.39, 0.29) is 63.6 Å². The summed E-state index contributed by atoms with van der Waals surface area (Å²) in [6.45, 7) is 1.61. The van der Waals surface area contributed by atoms with Crippen molar-refractivity contribution < 1.29 is 40.9 Å². The van der Waals surface area contributed by atoms with E-state index in [2.05, 4.69) is 18.1 Å². The van der Waals surface area contributed by atoms with E-state index >= 15 is 8.78 Å². The predicted octanol–water partition coefficient (Wildman–Crippen LogP) is 4.37. The van der Waals surface area contributed by atoms with Crippen LogP contribution < -0.4 is 19.3 Å². The van der Waals surface area contributed by atoms with E-state index in [0.29, 0.717) is 0 Å². The highest BCUT2D eigenvalue weighted by atomic mass is 35.5. The summed E-state index contributed by atoms with van der Waals surface area (Å²) in [7, 11) is 0. The number of nitrogens with zero attached hydrogens (tertiary/aromatic N) is 5. The first-order chi connectivity index (χ1) is 24.4. The molecular weight excluding hydrogens is 620 g/mol. The third-order valence-corrected chi connectivity index (χ3v) is 8.50. The molecule has 238 valence electrons. The van der Waals surface area contributed by atoms with Gasteiger partial charge < -0.3 is 29.1 Å². The van der Waals surface area contributed by atoms with Gasteiger partial charge in [0.25, 0.3) is 0 Å². The lowest BCUT2D eigenvalue weighted by Gasteiger charge is -2.53. The Bertz CT molecular complexity index is 2080. The lowest BCUT2D eigenvalue weighted by Crippen LogP contribution is -2.64. The van der Waals surface area contributed by atoms with Gasteiger partial charge in [-0.15, -0.1) is 0 Å². The van der Waals surface area contributed by atoms with Crippen molar-refractivity contribution in [3.05, 3.63) is 71.9 Å². The number of hydrogen-bond acceptors (Lipinski definition) is 9. The second-order valence-corrected chi connectivity index (χ2v) is 11.4. The number of anilines is 2. The van der Waals surface area contributed by atoms with Crippen molar-refractivity contribution in [2.24, 2.45) is 0 Å². The summed E-state index contributed by atoms with van der Waals surface area (Å²) in [4.78, 5) is 47.2. The van der Waals surface area contributed by atoms with Gasteiger partial charge in [0.05, 0.1) is 28.9 Å². The molecule has 13 heteroatoms. The average molecular weight is 656 g/mol. The number of halogens is 3. The number of hydrogen-bond donors (Lipinski definition) is 0.